The summed E-state index contributed by atoms with van der Waals surface area (Å²) in [5.41, 5.74) is 1.22. The van der Waals surface area contributed by atoms with Gasteiger partial charge in [0, 0.05) is 6.04 Å². The summed E-state index contributed by atoms with van der Waals surface area (Å²) in [5.74, 6) is 0. The van der Waals surface area contributed by atoms with E-state index in [1.54, 1.807) is 0 Å². The van der Waals surface area contributed by atoms with Crippen molar-refractivity contribution in [3.8, 4) is 0 Å². The van der Waals surface area contributed by atoms with E-state index < -0.39 is 0 Å². The van der Waals surface area contributed by atoms with E-state index in [-0.39, 0.29) is 25.3 Å². The molecule has 3 N–H and O–H groups in total. The topological polar surface area (TPSA) is 52.5 Å². The van der Waals surface area contributed by atoms with Gasteiger partial charge in [-0.25, -0.2) is 0 Å². The van der Waals surface area contributed by atoms with Crippen LogP contribution in [0.3, 0.4) is 0 Å². The largest absolute Gasteiger partial charge is 0.395 e. The lowest BCUT2D eigenvalue weighted by atomic mass is 9.99. The molecule has 3 heteroatoms. The smallest absolute Gasteiger partial charge is 0.0607 e. The highest BCUT2D eigenvalue weighted by Gasteiger charge is 2.15. The van der Waals surface area contributed by atoms with Crippen molar-refractivity contribution < 1.29 is 10.2 Å². The van der Waals surface area contributed by atoms with Crippen LogP contribution in [-0.2, 0) is 0 Å². The van der Waals surface area contributed by atoms with Crippen LogP contribution < -0.4 is 5.32 Å². The average molecular weight is 251 g/mol. The normalized spacial score (nSPS) is 12.9. The van der Waals surface area contributed by atoms with Crippen LogP contribution >= 0.6 is 0 Å². The molecule has 0 aromatic heterocycles. The molecular weight excluding hydrogens is 226 g/mol. The zero-order valence-corrected chi connectivity index (χ0v) is 11.2. The maximum Gasteiger partial charge on any atom is 0.0607 e. The first-order chi connectivity index (χ1) is 8.81. The van der Waals surface area contributed by atoms with Gasteiger partial charge in [-0.2, -0.15) is 0 Å². The Labute approximate surface area is 110 Å². The Morgan fingerprint density at radius 3 is 2.28 bits per heavy atom. The first-order valence-corrected chi connectivity index (χ1v) is 6.84. The SMILES string of the molecule is CCCCCC(NC(CO)CO)c1ccccc1. The number of benzene rings is 1. The predicted octanol–water partition coefficient (Wildman–Crippen LogP) is 2.25. The van der Waals surface area contributed by atoms with Crippen molar-refractivity contribution in [2.45, 2.75) is 44.7 Å². The van der Waals surface area contributed by atoms with Crippen LogP contribution in [0.25, 0.3) is 0 Å². The van der Waals surface area contributed by atoms with E-state index in [9.17, 15) is 10.2 Å². The number of aliphatic hydroxyl groups is 2. The molecule has 102 valence electrons. The molecule has 1 atom stereocenters. The van der Waals surface area contributed by atoms with Gasteiger partial charge >= 0.3 is 0 Å². The summed E-state index contributed by atoms with van der Waals surface area (Å²) in [7, 11) is 0. The molecule has 1 aromatic carbocycles. The lowest BCUT2D eigenvalue weighted by molar-refractivity contribution is 0.160. The molecule has 0 aliphatic carbocycles. The van der Waals surface area contributed by atoms with Crippen molar-refractivity contribution in [2.75, 3.05) is 13.2 Å². The van der Waals surface area contributed by atoms with Gasteiger partial charge in [-0.1, -0.05) is 56.5 Å². The van der Waals surface area contributed by atoms with Gasteiger partial charge in [0.15, 0.2) is 0 Å². The summed E-state index contributed by atoms with van der Waals surface area (Å²) in [6.45, 7) is 2.12. The third kappa shape index (κ3) is 5.17. The predicted molar refractivity (Wildman–Crippen MR) is 74.4 cm³/mol. The van der Waals surface area contributed by atoms with Crippen molar-refractivity contribution in [3.05, 3.63) is 35.9 Å². The molecule has 1 unspecified atom stereocenters. The third-order valence-corrected chi connectivity index (χ3v) is 3.18. The van der Waals surface area contributed by atoms with E-state index in [2.05, 4.69) is 24.4 Å². The molecule has 0 aliphatic rings. The summed E-state index contributed by atoms with van der Waals surface area (Å²) >= 11 is 0. The van der Waals surface area contributed by atoms with Crippen LogP contribution in [0.2, 0.25) is 0 Å². The minimum absolute atomic E-state index is 0.0341. The van der Waals surface area contributed by atoms with Gasteiger partial charge in [0.25, 0.3) is 0 Å². The summed E-state index contributed by atoms with van der Waals surface area (Å²) in [6, 6.07) is 10.2. The summed E-state index contributed by atoms with van der Waals surface area (Å²) in [5, 5.41) is 21.7. The van der Waals surface area contributed by atoms with E-state index in [0.717, 1.165) is 12.8 Å². The third-order valence-electron chi connectivity index (χ3n) is 3.18. The van der Waals surface area contributed by atoms with Crippen molar-refractivity contribution in [1.82, 2.24) is 5.32 Å². The lowest BCUT2D eigenvalue weighted by Gasteiger charge is -2.24. The minimum Gasteiger partial charge on any atom is -0.395 e. The van der Waals surface area contributed by atoms with Gasteiger partial charge < -0.3 is 15.5 Å². The van der Waals surface area contributed by atoms with Gasteiger partial charge in [0.05, 0.1) is 19.3 Å². The van der Waals surface area contributed by atoms with Crippen molar-refractivity contribution in [3.63, 3.8) is 0 Å². The number of unbranched alkanes of at least 4 members (excludes halogenated alkanes) is 2. The zero-order chi connectivity index (χ0) is 13.2. The maximum absolute atomic E-state index is 9.17. The lowest BCUT2D eigenvalue weighted by Crippen LogP contribution is -2.38. The minimum atomic E-state index is -0.239. The summed E-state index contributed by atoms with van der Waals surface area (Å²) < 4.78 is 0. The fraction of sp³-hybridized carbons (Fsp3) is 0.600. The highest BCUT2D eigenvalue weighted by Crippen LogP contribution is 2.20. The Hall–Kier alpha value is -0.900. The van der Waals surface area contributed by atoms with Crippen LogP contribution in [0.5, 0.6) is 0 Å². The van der Waals surface area contributed by atoms with E-state index in [1.807, 2.05) is 18.2 Å². The van der Waals surface area contributed by atoms with E-state index in [4.69, 9.17) is 0 Å². The fourth-order valence-corrected chi connectivity index (χ4v) is 2.08. The van der Waals surface area contributed by atoms with E-state index in [1.165, 1.54) is 18.4 Å². The monoisotopic (exact) mass is 251 g/mol. The van der Waals surface area contributed by atoms with Crippen LogP contribution in [0.4, 0.5) is 0 Å². The van der Waals surface area contributed by atoms with Crippen LogP contribution in [0, 0.1) is 0 Å². The molecule has 0 bridgehead atoms. The van der Waals surface area contributed by atoms with Crippen molar-refractivity contribution >= 4 is 0 Å². The highest BCUT2D eigenvalue weighted by molar-refractivity contribution is 5.19. The quantitative estimate of drug-likeness (QED) is 0.590. The van der Waals surface area contributed by atoms with Gasteiger partial charge in [0.1, 0.15) is 0 Å². The first-order valence-electron chi connectivity index (χ1n) is 6.84. The molecule has 0 fully saturated rings. The Morgan fingerprint density at radius 1 is 1.06 bits per heavy atom. The summed E-state index contributed by atoms with van der Waals surface area (Å²) in [4.78, 5) is 0. The van der Waals surface area contributed by atoms with Crippen molar-refractivity contribution in [2.24, 2.45) is 0 Å². The molecule has 0 saturated carbocycles. The molecule has 18 heavy (non-hydrogen) atoms. The Kier molecular flexibility index (Phi) is 7.65. The zero-order valence-electron chi connectivity index (χ0n) is 11.2. The van der Waals surface area contributed by atoms with E-state index >= 15 is 0 Å². The van der Waals surface area contributed by atoms with Crippen molar-refractivity contribution in [1.29, 1.82) is 0 Å². The number of rotatable bonds is 9. The second kappa shape index (κ2) is 9.09. The molecule has 0 radical (unpaired) electrons. The standard InChI is InChI=1S/C15H25NO2/c1-2-3-5-10-15(16-14(11-17)12-18)13-8-6-4-7-9-13/h4,6-9,14-18H,2-3,5,10-12H2,1H3. The van der Waals surface area contributed by atoms with Crippen LogP contribution in [0.1, 0.15) is 44.2 Å². The van der Waals surface area contributed by atoms with E-state index in [0.29, 0.717) is 0 Å². The van der Waals surface area contributed by atoms with Crippen LogP contribution in [-0.4, -0.2) is 29.5 Å². The molecule has 0 spiro atoms. The van der Waals surface area contributed by atoms with Gasteiger partial charge in [-0.15, -0.1) is 0 Å². The first kappa shape index (κ1) is 15.2. The molecule has 1 aromatic rings. The molecule has 3 nitrogen and oxygen atoms in total. The average Bonchev–Trinajstić information content (AvgIpc) is 2.44. The highest BCUT2D eigenvalue weighted by atomic mass is 16.3. The second-order valence-corrected chi connectivity index (χ2v) is 4.69. The Morgan fingerprint density at radius 2 is 1.72 bits per heavy atom. The van der Waals surface area contributed by atoms with Gasteiger partial charge in [0.2, 0.25) is 0 Å². The molecule has 0 saturated heterocycles. The second-order valence-electron chi connectivity index (χ2n) is 4.69. The number of nitrogens with one attached hydrogen (secondary N) is 1. The molecule has 0 amide bonds. The Balaban J connectivity index is 2.62. The number of aliphatic hydroxyl groups excluding tert-OH is 2. The molecule has 1 rings (SSSR count). The number of hydrogen-bond acceptors (Lipinski definition) is 3. The van der Waals surface area contributed by atoms with Gasteiger partial charge in [-0.3, -0.25) is 0 Å². The molecular formula is C15H25NO2. The maximum atomic E-state index is 9.17. The Bertz CT molecular complexity index is 299. The summed E-state index contributed by atoms with van der Waals surface area (Å²) in [6.07, 6.45) is 4.61. The van der Waals surface area contributed by atoms with Crippen LogP contribution in [0.15, 0.2) is 30.3 Å². The fourth-order valence-electron chi connectivity index (χ4n) is 2.08. The molecule has 0 aliphatic heterocycles. The molecule has 0 heterocycles. The number of hydrogen-bond donors (Lipinski definition) is 3. The van der Waals surface area contributed by atoms with Gasteiger partial charge in [-0.05, 0) is 12.0 Å².